The van der Waals surface area contributed by atoms with Gasteiger partial charge in [0.2, 0.25) is 5.91 Å². The number of para-hydroxylation sites is 2. The maximum atomic E-state index is 12.8. The summed E-state index contributed by atoms with van der Waals surface area (Å²) in [6, 6.07) is 17.8. The van der Waals surface area contributed by atoms with Gasteiger partial charge in [0, 0.05) is 12.2 Å². The molecule has 0 fully saturated rings. The Morgan fingerprint density at radius 2 is 1.86 bits per heavy atom. The predicted molar refractivity (Wildman–Crippen MR) is 83.6 cm³/mol. The first-order chi connectivity index (χ1) is 10.3. The van der Waals surface area contributed by atoms with Crippen LogP contribution in [0, 0.1) is 5.92 Å². The number of ether oxygens (including phenoxy) is 1. The van der Waals surface area contributed by atoms with Crippen LogP contribution in [0.25, 0.3) is 0 Å². The second-order valence-electron chi connectivity index (χ2n) is 5.24. The van der Waals surface area contributed by atoms with Gasteiger partial charge in [0.05, 0.1) is 5.92 Å². The van der Waals surface area contributed by atoms with Crippen molar-refractivity contribution in [2.75, 3.05) is 18.1 Å². The molecule has 0 saturated heterocycles. The number of hydrogen-bond acceptors (Lipinski definition) is 2. The molecule has 108 valence electrons. The first-order valence-corrected chi connectivity index (χ1v) is 7.36. The normalized spacial score (nSPS) is 16.7. The Morgan fingerprint density at radius 3 is 2.62 bits per heavy atom. The maximum Gasteiger partial charge on any atom is 0.233 e. The second-order valence-corrected chi connectivity index (χ2v) is 5.24. The van der Waals surface area contributed by atoms with Crippen molar-refractivity contribution < 1.29 is 9.53 Å². The molecule has 21 heavy (non-hydrogen) atoms. The lowest BCUT2D eigenvalue weighted by molar-refractivity contribution is -0.123. The van der Waals surface area contributed by atoms with E-state index in [4.69, 9.17) is 4.74 Å². The number of carbonyl (C=O) groups excluding carboxylic acids is 1. The van der Waals surface area contributed by atoms with Gasteiger partial charge in [-0.05, 0) is 37.1 Å². The van der Waals surface area contributed by atoms with Crippen molar-refractivity contribution in [3.8, 4) is 5.75 Å². The highest BCUT2D eigenvalue weighted by molar-refractivity contribution is 5.95. The lowest BCUT2D eigenvalue weighted by Crippen LogP contribution is -2.40. The largest absolute Gasteiger partial charge is 0.492 e. The molecule has 1 unspecified atom stereocenters. The molecule has 0 radical (unpaired) electrons. The smallest absolute Gasteiger partial charge is 0.233 e. The molecule has 0 saturated carbocycles. The van der Waals surface area contributed by atoms with Crippen LogP contribution in [0.3, 0.4) is 0 Å². The summed E-state index contributed by atoms with van der Waals surface area (Å²) in [7, 11) is 0. The number of amides is 1. The highest BCUT2D eigenvalue weighted by Crippen LogP contribution is 2.28. The van der Waals surface area contributed by atoms with Crippen LogP contribution in [0.2, 0.25) is 0 Å². The molecule has 0 spiro atoms. The number of anilines is 1. The van der Waals surface area contributed by atoms with Crippen molar-refractivity contribution in [1.82, 2.24) is 0 Å². The zero-order chi connectivity index (χ0) is 14.7. The summed E-state index contributed by atoms with van der Waals surface area (Å²) in [5, 5.41) is 0. The number of fused-ring (bicyclic) bond motifs is 1. The fraction of sp³-hybridized carbons (Fsp3) is 0.278. The van der Waals surface area contributed by atoms with Crippen LogP contribution < -0.4 is 9.64 Å². The van der Waals surface area contributed by atoms with Crippen molar-refractivity contribution >= 4 is 11.6 Å². The SMILES string of the molecule is CCN(C(=O)C1COc2ccccc2C1)c1ccccc1. The van der Waals surface area contributed by atoms with Crippen LogP contribution in [0.5, 0.6) is 5.75 Å². The molecule has 3 rings (SSSR count). The predicted octanol–water partition coefficient (Wildman–Crippen LogP) is 3.29. The van der Waals surface area contributed by atoms with E-state index in [1.54, 1.807) is 0 Å². The molecule has 0 N–H and O–H groups in total. The molecule has 0 aliphatic carbocycles. The third-order valence-electron chi connectivity index (χ3n) is 3.88. The number of hydrogen-bond donors (Lipinski definition) is 0. The maximum absolute atomic E-state index is 12.8. The van der Waals surface area contributed by atoms with Crippen molar-refractivity contribution in [2.24, 2.45) is 5.92 Å². The lowest BCUT2D eigenvalue weighted by atomic mass is 9.95. The van der Waals surface area contributed by atoms with Crippen molar-refractivity contribution in [3.63, 3.8) is 0 Å². The molecule has 0 aromatic heterocycles. The van der Waals surface area contributed by atoms with E-state index in [-0.39, 0.29) is 11.8 Å². The molecule has 2 aromatic carbocycles. The minimum Gasteiger partial charge on any atom is -0.492 e. The van der Waals surface area contributed by atoms with Gasteiger partial charge >= 0.3 is 0 Å². The van der Waals surface area contributed by atoms with Crippen LogP contribution >= 0.6 is 0 Å². The molecule has 1 aliphatic heterocycles. The summed E-state index contributed by atoms with van der Waals surface area (Å²) in [4.78, 5) is 14.6. The molecular formula is C18H19NO2. The molecule has 1 heterocycles. The van der Waals surface area contributed by atoms with Gasteiger partial charge < -0.3 is 9.64 Å². The fourth-order valence-corrected chi connectivity index (χ4v) is 2.78. The van der Waals surface area contributed by atoms with E-state index in [0.717, 1.165) is 23.4 Å². The van der Waals surface area contributed by atoms with Crippen LogP contribution in [0.4, 0.5) is 5.69 Å². The van der Waals surface area contributed by atoms with E-state index in [1.165, 1.54) is 0 Å². The van der Waals surface area contributed by atoms with Crippen LogP contribution in [0.15, 0.2) is 54.6 Å². The Kier molecular flexibility index (Phi) is 3.91. The minimum absolute atomic E-state index is 0.111. The Labute approximate surface area is 125 Å². The summed E-state index contributed by atoms with van der Waals surface area (Å²) < 4.78 is 5.74. The lowest BCUT2D eigenvalue weighted by Gasteiger charge is -2.29. The van der Waals surface area contributed by atoms with E-state index in [2.05, 4.69) is 0 Å². The van der Waals surface area contributed by atoms with Gasteiger partial charge in [-0.1, -0.05) is 36.4 Å². The third kappa shape index (κ3) is 2.77. The van der Waals surface area contributed by atoms with Gasteiger partial charge in [0.1, 0.15) is 12.4 Å². The fourth-order valence-electron chi connectivity index (χ4n) is 2.78. The van der Waals surface area contributed by atoms with E-state index in [1.807, 2.05) is 66.4 Å². The third-order valence-corrected chi connectivity index (χ3v) is 3.88. The quantitative estimate of drug-likeness (QED) is 0.864. The highest BCUT2D eigenvalue weighted by Gasteiger charge is 2.29. The monoisotopic (exact) mass is 281 g/mol. The first kappa shape index (κ1) is 13.7. The number of benzene rings is 2. The van der Waals surface area contributed by atoms with Crippen molar-refractivity contribution in [1.29, 1.82) is 0 Å². The number of carbonyl (C=O) groups is 1. The van der Waals surface area contributed by atoms with E-state index in [0.29, 0.717) is 13.2 Å². The molecule has 0 bridgehead atoms. The zero-order valence-electron chi connectivity index (χ0n) is 12.2. The van der Waals surface area contributed by atoms with Gasteiger partial charge in [-0.3, -0.25) is 4.79 Å². The van der Waals surface area contributed by atoms with Crippen LogP contribution in [0.1, 0.15) is 12.5 Å². The van der Waals surface area contributed by atoms with Gasteiger partial charge in [0.15, 0.2) is 0 Å². The Morgan fingerprint density at radius 1 is 1.14 bits per heavy atom. The Bertz CT molecular complexity index is 624. The summed E-state index contributed by atoms with van der Waals surface area (Å²) in [6.07, 6.45) is 0.748. The van der Waals surface area contributed by atoms with Crippen molar-refractivity contribution in [3.05, 3.63) is 60.2 Å². The van der Waals surface area contributed by atoms with Crippen LogP contribution in [-0.4, -0.2) is 19.1 Å². The summed E-state index contributed by atoms with van der Waals surface area (Å²) in [6.45, 7) is 3.13. The number of nitrogens with zero attached hydrogens (tertiary/aromatic N) is 1. The van der Waals surface area contributed by atoms with Gasteiger partial charge in [-0.25, -0.2) is 0 Å². The molecule has 1 amide bonds. The standard InChI is InChI=1S/C18H19NO2/c1-2-19(16-9-4-3-5-10-16)18(20)15-12-14-8-6-7-11-17(14)21-13-15/h3-11,15H,2,12-13H2,1H3. The Balaban J connectivity index is 1.79. The van der Waals surface area contributed by atoms with Crippen molar-refractivity contribution in [2.45, 2.75) is 13.3 Å². The molecule has 3 heteroatoms. The Hall–Kier alpha value is -2.29. The average molecular weight is 281 g/mol. The van der Waals surface area contributed by atoms with Gasteiger partial charge in [0.25, 0.3) is 0 Å². The molecule has 1 aliphatic rings. The summed E-state index contributed by atoms with van der Waals surface area (Å²) in [5.41, 5.74) is 2.06. The van der Waals surface area contributed by atoms with Crippen LogP contribution in [-0.2, 0) is 11.2 Å². The molecule has 3 nitrogen and oxygen atoms in total. The summed E-state index contributed by atoms with van der Waals surface area (Å²) >= 11 is 0. The zero-order valence-corrected chi connectivity index (χ0v) is 12.2. The highest BCUT2D eigenvalue weighted by atomic mass is 16.5. The minimum atomic E-state index is -0.111. The summed E-state index contributed by atoms with van der Waals surface area (Å²) in [5.74, 6) is 0.933. The second kappa shape index (κ2) is 6.00. The van der Waals surface area contributed by atoms with E-state index < -0.39 is 0 Å². The van der Waals surface area contributed by atoms with E-state index in [9.17, 15) is 4.79 Å². The van der Waals surface area contributed by atoms with Gasteiger partial charge in [-0.2, -0.15) is 0 Å². The number of rotatable bonds is 3. The molecular weight excluding hydrogens is 262 g/mol. The first-order valence-electron chi connectivity index (χ1n) is 7.36. The average Bonchev–Trinajstić information content (AvgIpc) is 2.56. The van der Waals surface area contributed by atoms with E-state index >= 15 is 0 Å². The molecule has 1 atom stereocenters. The topological polar surface area (TPSA) is 29.5 Å². The van der Waals surface area contributed by atoms with Gasteiger partial charge in [-0.15, -0.1) is 0 Å². The molecule has 2 aromatic rings.